The molecular formula is C15H20ClNOS. The smallest absolute Gasteiger partial charge is 0.101 e. The highest BCUT2D eigenvalue weighted by molar-refractivity contribution is 7.84. The Morgan fingerprint density at radius 3 is 2.58 bits per heavy atom. The normalized spacial score (nSPS) is 22.7. The van der Waals surface area contributed by atoms with Crippen LogP contribution in [-0.4, -0.2) is 19.8 Å². The van der Waals surface area contributed by atoms with Crippen molar-refractivity contribution >= 4 is 22.6 Å². The maximum atomic E-state index is 12.7. The quantitative estimate of drug-likeness (QED) is 0.753. The van der Waals surface area contributed by atoms with Crippen LogP contribution >= 0.6 is 11.6 Å². The molecule has 104 valence electrons. The van der Waals surface area contributed by atoms with Gasteiger partial charge in [-0.15, -0.1) is 0 Å². The van der Waals surface area contributed by atoms with E-state index in [1.54, 1.807) is 0 Å². The molecule has 0 N–H and O–H groups in total. The van der Waals surface area contributed by atoms with Gasteiger partial charge in [-0.2, -0.15) is 0 Å². The monoisotopic (exact) mass is 297 g/mol. The van der Waals surface area contributed by atoms with Gasteiger partial charge in [-0.3, -0.25) is 0 Å². The Labute approximate surface area is 123 Å². The van der Waals surface area contributed by atoms with E-state index in [1.807, 2.05) is 49.3 Å². The first-order chi connectivity index (χ1) is 8.80. The molecule has 0 aromatic heterocycles. The first-order valence-corrected chi connectivity index (χ1v) is 7.89. The maximum Gasteiger partial charge on any atom is 0.101 e. The fourth-order valence-corrected chi connectivity index (χ4v) is 3.99. The van der Waals surface area contributed by atoms with Gasteiger partial charge in [-0.1, -0.05) is 42.0 Å². The van der Waals surface area contributed by atoms with Gasteiger partial charge in [0.2, 0.25) is 0 Å². The number of rotatable bonds is 2. The third kappa shape index (κ3) is 3.10. The van der Waals surface area contributed by atoms with Crippen LogP contribution in [0.2, 0.25) is 5.02 Å². The van der Waals surface area contributed by atoms with Crippen LogP contribution in [0.5, 0.6) is 0 Å². The average Bonchev–Trinajstić information content (AvgIpc) is 2.69. The lowest BCUT2D eigenvalue weighted by atomic mass is 10.0. The van der Waals surface area contributed by atoms with E-state index in [-0.39, 0.29) is 10.8 Å². The fraction of sp³-hybridized carbons (Fsp3) is 0.467. The second kappa shape index (κ2) is 5.39. The Bertz CT molecular complexity index is 521. The second-order valence-corrected chi connectivity index (χ2v) is 8.53. The van der Waals surface area contributed by atoms with Gasteiger partial charge in [-0.25, -0.2) is 8.51 Å². The molecule has 0 unspecified atom stereocenters. The van der Waals surface area contributed by atoms with Crippen molar-refractivity contribution in [2.75, 3.05) is 6.54 Å². The van der Waals surface area contributed by atoms with Gasteiger partial charge < -0.3 is 0 Å². The predicted molar refractivity (Wildman–Crippen MR) is 82.6 cm³/mol. The summed E-state index contributed by atoms with van der Waals surface area (Å²) in [5, 5.41) is 0.734. The van der Waals surface area contributed by atoms with Gasteiger partial charge in [-0.05, 0) is 38.8 Å². The molecule has 2 atom stereocenters. The third-order valence-corrected chi connectivity index (χ3v) is 5.41. The Kier molecular flexibility index (Phi) is 4.19. The molecule has 0 spiro atoms. The van der Waals surface area contributed by atoms with Crippen molar-refractivity contribution in [3.8, 4) is 0 Å². The van der Waals surface area contributed by atoms with Crippen LogP contribution in [0.3, 0.4) is 0 Å². The van der Waals surface area contributed by atoms with E-state index in [9.17, 15) is 4.21 Å². The molecule has 1 aliphatic heterocycles. The van der Waals surface area contributed by atoms with Gasteiger partial charge >= 0.3 is 0 Å². The summed E-state index contributed by atoms with van der Waals surface area (Å²) in [5.74, 6) is 0. The minimum Gasteiger partial charge on any atom is -0.242 e. The van der Waals surface area contributed by atoms with Crippen LogP contribution < -0.4 is 0 Å². The van der Waals surface area contributed by atoms with Crippen molar-refractivity contribution in [3.63, 3.8) is 0 Å². The van der Waals surface area contributed by atoms with Gasteiger partial charge in [0.25, 0.3) is 0 Å². The fourth-order valence-electron chi connectivity index (χ4n) is 2.31. The molecule has 0 aliphatic carbocycles. The molecule has 0 radical (unpaired) electrons. The molecule has 0 amide bonds. The Hall–Kier alpha value is -0.640. The van der Waals surface area contributed by atoms with E-state index in [0.29, 0.717) is 6.54 Å². The Morgan fingerprint density at radius 2 is 2.00 bits per heavy atom. The molecule has 1 aromatic rings. The summed E-state index contributed by atoms with van der Waals surface area (Å²) in [7, 11) is -1.06. The summed E-state index contributed by atoms with van der Waals surface area (Å²) < 4.78 is 14.4. The minimum atomic E-state index is -1.06. The lowest BCUT2D eigenvalue weighted by Crippen LogP contribution is -2.37. The highest BCUT2D eigenvalue weighted by atomic mass is 35.5. The van der Waals surface area contributed by atoms with Crippen LogP contribution in [0.4, 0.5) is 0 Å². The zero-order valence-electron chi connectivity index (χ0n) is 11.6. The topological polar surface area (TPSA) is 20.3 Å². The summed E-state index contributed by atoms with van der Waals surface area (Å²) in [6.07, 6.45) is 0.825. The second-order valence-electron chi connectivity index (χ2n) is 5.93. The van der Waals surface area contributed by atoms with Crippen molar-refractivity contribution < 1.29 is 4.21 Å². The van der Waals surface area contributed by atoms with Gasteiger partial charge in [0.15, 0.2) is 0 Å². The molecule has 0 bridgehead atoms. The van der Waals surface area contributed by atoms with Gasteiger partial charge in [0, 0.05) is 11.6 Å². The van der Waals surface area contributed by atoms with Crippen molar-refractivity contribution in [3.05, 3.63) is 47.0 Å². The Morgan fingerprint density at radius 1 is 1.37 bits per heavy atom. The van der Waals surface area contributed by atoms with E-state index >= 15 is 0 Å². The summed E-state index contributed by atoms with van der Waals surface area (Å²) in [4.78, 5) is 0. The SMILES string of the molecule is C=C1C[C@H](c2ccccc2Cl)N([S@](=O)C(C)(C)C)C1. The largest absolute Gasteiger partial charge is 0.242 e. The average molecular weight is 298 g/mol. The van der Waals surface area contributed by atoms with Gasteiger partial charge in [0.05, 0.1) is 10.8 Å². The van der Waals surface area contributed by atoms with E-state index in [4.69, 9.17) is 11.6 Å². The molecule has 19 heavy (non-hydrogen) atoms. The lowest BCUT2D eigenvalue weighted by molar-refractivity contribution is 0.417. The van der Waals surface area contributed by atoms with Crippen LogP contribution in [0, 0.1) is 0 Å². The molecule has 1 heterocycles. The zero-order valence-corrected chi connectivity index (χ0v) is 13.2. The molecule has 1 fully saturated rings. The molecule has 2 rings (SSSR count). The van der Waals surface area contributed by atoms with Crippen molar-refractivity contribution in [2.45, 2.75) is 38.0 Å². The lowest BCUT2D eigenvalue weighted by Gasteiger charge is -2.30. The number of halogens is 1. The third-order valence-electron chi connectivity index (χ3n) is 3.21. The van der Waals surface area contributed by atoms with Crippen molar-refractivity contribution in [1.29, 1.82) is 0 Å². The molecule has 1 aromatic carbocycles. The standard InChI is InChI=1S/C15H20ClNOS/c1-11-9-14(12-7-5-6-8-13(12)16)17(10-11)19(18)15(2,3)4/h5-8,14H,1,9-10H2,2-4H3/t14-,19-/m1/s1. The summed E-state index contributed by atoms with van der Waals surface area (Å²) in [6, 6.07) is 7.86. The molecule has 2 nitrogen and oxygen atoms in total. The van der Waals surface area contributed by atoms with E-state index < -0.39 is 11.0 Å². The van der Waals surface area contributed by atoms with Crippen LogP contribution in [-0.2, 0) is 11.0 Å². The molecule has 1 saturated heterocycles. The number of benzene rings is 1. The maximum absolute atomic E-state index is 12.7. The van der Waals surface area contributed by atoms with E-state index in [0.717, 1.165) is 22.6 Å². The minimum absolute atomic E-state index is 0.0706. The van der Waals surface area contributed by atoms with Crippen LogP contribution in [0.25, 0.3) is 0 Å². The Balaban J connectivity index is 2.36. The first-order valence-electron chi connectivity index (χ1n) is 6.40. The van der Waals surface area contributed by atoms with Crippen LogP contribution in [0.15, 0.2) is 36.4 Å². The number of nitrogens with zero attached hydrogens (tertiary/aromatic N) is 1. The summed E-state index contributed by atoms with van der Waals surface area (Å²) in [6.45, 7) is 10.7. The number of hydrogen-bond acceptors (Lipinski definition) is 1. The van der Waals surface area contributed by atoms with Crippen molar-refractivity contribution in [1.82, 2.24) is 4.31 Å². The number of hydrogen-bond donors (Lipinski definition) is 0. The van der Waals surface area contributed by atoms with E-state index in [1.165, 1.54) is 0 Å². The predicted octanol–water partition coefficient (Wildman–Crippen LogP) is 4.11. The summed E-state index contributed by atoms with van der Waals surface area (Å²) >= 11 is 6.28. The molecule has 0 saturated carbocycles. The summed E-state index contributed by atoms with van der Waals surface area (Å²) in [5.41, 5.74) is 2.16. The molecular weight excluding hydrogens is 278 g/mol. The van der Waals surface area contributed by atoms with Crippen molar-refractivity contribution in [2.24, 2.45) is 0 Å². The highest BCUT2D eigenvalue weighted by Crippen LogP contribution is 2.40. The van der Waals surface area contributed by atoms with E-state index in [2.05, 4.69) is 6.58 Å². The first kappa shape index (κ1) is 14.8. The van der Waals surface area contributed by atoms with Crippen LogP contribution in [0.1, 0.15) is 38.8 Å². The van der Waals surface area contributed by atoms with Gasteiger partial charge in [0.1, 0.15) is 11.0 Å². The molecule has 1 aliphatic rings. The zero-order chi connectivity index (χ0) is 14.2. The molecule has 4 heteroatoms. The highest BCUT2D eigenvalue weighted by Gasteiger charge is 2.37.